The van der Waals surface area contributed by atoms with Gasteiger partial charge in [-0.25, -0.2) is 0 Å². The minimum atomic E-state index is -0.260. The van der Waals surface area contributed by atoms with E-state index in [2.05, 4.69) is 28.2 Å². The molecule has 1 amide bonds. The van der Waals surface area contributed by atoms with Crippen molar-refractivity contribution in [1.82, 2.24) is 0 Å². The molecule has 0 aromatic heterocycles. The second kappa shape index (κ2) is 6.42. The Hall–Kier alpha value is -1.03. The van der Waals surface area contributed by atoms with Crippen molar-refractivity contribution in [3.8, 4) is 0 Å². The quantitative estimate of drug-likeness (QED) is 0.889. The number of anilines is 1. The van der Waals surface area contributed by atoms with Crippen molar-refractivity contribution in [2.45, 2.75) is 38.6 Å². The number of hydrogen-bond acceptors (Lipinski definition) is 2. The average Bonchev–Trinajstić information content (AvgIpc) is 2.37. The average molecular weight is 325 g/mol. The third-order valence-electron chi connectivity index (χ3n) is 3.92. The molecule has 104 valence electrons. The van der Waals surface area contributed by atoms with Gasteiger partial charge < -0.3 is 11.1 Å². The summed E-state index contributed by atoms with van der Waals surface area (Å²) in [6.45, 7) is 2.25. The van der Waals surface area contributed by atoms with E-state index in [1.165, 1.54) is 12.8 Å². The number of carbonyl (C=O) groups excluding carboxylic acids is 1. The van der Waals surface area contributed by atoms with Crippen molar-refractivity contribution in [3.63, 3.8) is 0 Å². The third-order valence-corrected chi connectivity index (χ3v) is 4.45. The molecule has 3 unspecified atom stereocenters. The lowest BCUT2D eigenvalue weighted by atomic mass is 9.78. The molecule has 0 aliphatic heterocycles. The standard InChI is InChI=1S/C15H21BrN2O/c1-10-3-2-4-11(9-10)14(15(17)19)18-13-7-5-12(16)6-8-13/h5-8,10-11,14,18H,2-4,9H2,1H3,(H2,17,19). The highest BCUT2D eigenvalue weighted by Gasteiger charge is 2.30. The molecule has 1 aliphatic rings. The first kappa shape index (κ1) is 14.4. The minimum absolute atomic E-state index is 0.248. The molecule has 1 saturated carbocycles. The van der Waals surface area contributed by atoms with Gasteiger partial charge in [0.1, 0.15) is 6.04 Å². The number of primary amides is 1. The summed E-state index contributed by atoms with van der Waals surface area (Å²) < 4.78 is 1.03. The number of benzene rings is 1. The van der Waals surface area contributed by atoms with E-state index in [1.807, 2.05) is 24.3 Å². The second-order valence-corrected chi connectivity index (χ2v) is 6.48. The lowest BCUT2D eigenvalue weighted by Crippen LogP contribution is -2.43. The monoisotopic (exact) mass is 324 g/mol. The van der Waals surface area contributed by atoms with Crippen molar-refractivity contribution >= 4 is 27.5 Å². The second-order valence-electron chi connectivity index (χ2n) is 5.56. The van der Waals surface area contributed by atoms with Crippen LogP contribution in [0, 0.1) is 11.8 Å². The van der Waals surface area contributed by atoms with E-state index in [0.717, 1.165) is 23.0 Å². The molecule has 1 fully saturated rings. The summed E-state index contributed by atoms with van der Waals surface area (Å²) in [7, 11) is 0. The van der Waals surface area contributed by atoms with Crippen LogP contribution in [-0.4, -0.2) is 11.9 Å². The topological polar surface area (TPSA) is 55.1 Å². The van der Waals surface area contributed by atoms with Crippen molar-refractivity contribution in [2.24, 2.45) is 17.6 Å². The largest absolute Gasteiger partial charge is 0.373 e. The number of nitrogens with one attached hydrogen (secondary N) is 1. The van der Waals surface area contributed by atoms with Crippen LogP contribution in [0.25, 0.3) is 0 Å². The van der Waals surface area contributed by atoms with Crippen LogP contribution < -0.4 is 11.1 Å². The van der Waals surface area contributed by atoms with Gasteiger partial charge in [-0.2, -0.15) is 0 Å². The molecule has 19 heavy (non-hydrogen) atoms. The van der Waals surface area contributed by atoms with E-state index >= 15 is 0 Å². The molecule has 1 aromatic carbocycles. The fourth-order valence-corrected chi connectivity index (χ4v) is 3.20. The summed E-state index contributed by atoms with van der Waals surface area (Å²) in [5, 5.41) is 3.30. The van der Waals surface area contributed by atoms with Gasteiger partial charge in [-0.15, -0.1) is 0 Å². The molecular formula is C15H21BrN2O. The van der Waals surface area contributed by atoms with Crippen molar-refractivity contribution in [3.05, 3.63) is 28.7 Å². The van der Waals surface area contributed by atoms with Crippen LogP contribution in [-0.2, 0) is 4.79 Å². The number of nitrogens with two attached hydrogens (primary N) is 1. The summed E-state index contributed by atoms with van der Waals surface area (Å²) in [6.07, 6.45) is 4.62. The van der Waals surface area contributed by atoms with Crippen LogP contribution in [0.3, 0.4) is 0 Å². The molecular weight excluding hydrogens is 304 g/mol. The van der Waals surface area contributed by atoms with Gasteiger partial charge in [0.2, 0.25) is 5.91 Å². The maximum absolute atomic E-state index is 11.7. The van der Waals surface area contributed by atoms with E-state index in [0.29, 0.717) is 11.8 Å². The lowest BCUT2D eigenvalue weighted by Gasteiger charge is -2.32. The van der Waals surface area contributed by atoms with Crippen molar-refractivity contribution in [2.75, 3.05) is 5.32 Å². The van der Waals surface area contributed by atoms with Crippen LogP contribution >= 0.6 is 15.9 Å². The van der Waals surface area contributed by atoms with E-state index in [9.17, 15) is 4.79 Å². The Labute approximate surface area is 123 Å². The smallest absolute Gasteiger partial charge is 0.240 e. The van der Waals surface area contributed by atoms with Gasteiger partial charge in [-0.05, 0) is 48.9 Å². The summed E-state index contributed by atoms with van der Waals surface area (Å²) in [6, 6.07) is 7.59. The molecule has 0 saturated heterocycles. The van der Waals surface area contributed by atoms with E-state index in [1.54, 1.807) is 0 Å². The molecule has 3 atom stereocenters. The lowest BCUT2D eigenvalue weighted by molar-refractivity contribution is -0.120. The molecule has 0 heterocycles. The normalized spacial score (nSPS) is 24.7. The van der Waals surface area contributed by atoms with Crippen LogP contribution in [0.15, 0.2) is 28.7 Å². The van der Waals surface area contributed by atoms with Gasteiger partial charge in [0.05, 0.1) is 0 Å². The fraction of sp³-hybridized carbons (Fsp3) is 0.533. The predicted molar refractivity (Wildman–Crippen MR) is 81.9 cm³/mol. The SMILES string of the molecule is CC1CCCC(C(Nc2ccc(Br)cc2)C(N)=O)C1. The Kier molecular flexibility index (Phi) is 4.86. The molecule has 1 aliphatic carbocycles. The molecule has 0 radical (unpaired) electrons. The zero-order chi connectivity index (χ0) is 13.8. The molecule has 0 bridgehead atoms. The Balaban J connectivity index is 2.07. The molecule has 4 heteroatoms. The van der Waals surface area contributed by atoms with Crippen molar-refractivity contribution < 1.29 is 4.79 Å². The summed E-state index contributed by atoms with van der Waals surface area (Å²) >= 11 is 3.41. The zero-order valence-corrected chi connectivity index (χ0v) is 12.8. The van der Waals surface area contributed by atoms with Crippen LogP contribution in [0.4, 0.5) is 5.69 Å². The van der Waals surface area contributed by atoms with Gasteiger partial charge in [0.15, 0.2) is 0 Å². The Morgan fingerprint density at radius 3 is 2.63 bits per heavy atom. The minimum Gasteiger partial charge on any atom is -0.373 e. The Morgan fingerprint density at radius 2 is 2.05 bits per heavy atom. The number of halogens is 1. The van der Waals surface area contributed by atoms with Gasteiger partial charge in [-0.1, -0.05) is 35.7 Å². The van der Waals surface area contributed by atoms with E-state index in [-0.39, 0.29) is 11.9 Å². The van der Waals surface area contributed by atoms with Gasteiger partial charge in [-0.3, -0.25) is 4.79 Å². The highest BCUT2D eigenvalue weighted by atomic mass is 79.9. The van der Waals surface area contributed by atoms with E-state index in [4.69, 9.17) is 5.73 Å². The molecule has 2 rings (SSSR count). The maximum Gasteiger partial charge on any atom is 0.240 e. The van der Waals surface area contributed by atoms with Gasteiger partial charge in [0.25, 0.3) is 0 Å². The van der Waals surface area contributed by atoms with Crippen LogP contribution in [0.1, 0.15) is 32.6 Å². The van der Waals surface area contributed by atoms with E-state index < -0.39 is 0 Å². The molecule has 0 spiro atoms. The predicted octanol–water partition coefficient (Wildman–Crippen LogP) is 3.54. The Morgan fingerprint density at radius 1 is 1.37 bits per heavy atom. The number of amides is 1. The molecule has 1 aromatic rings. The first-order chi connectivity index (χ1) is 9.06. The fourth-order valence-electron chi connectivity index (χ4n) is 2.93. The zero-order valence-electron chi connectivity index (χ0n) is 11.2. The van der Waals surface area contributed by atoms with Crippen molar-refractivity contribution in [1.29, 1.82) is 0 Å². The third kappa shape index (κ3) is 3.96. The first-order valence-electron chi connectivity index (χ1n) is 6.87. The molecule has 3 N–H and O–H groups in total. The number of hydrogen-bond donors (Lipinski definition) is 2. The summed E-state index contributed by atoms with van der Waals surface area (Å²) in [5.74, 6) is 0.791. The van der Waals surface area contributed by atoms with Crippen LogP contribution in [0.5, 0.6) is 0 Å². The summed E-state index contributed by atoms with van der Waals surface area (Å²) in [4.78, 5) is 11.7. The van der Waals surface area contributed by atoms with Gasteiger partial charge in [0, 0.05) is 10.2 Å². The highest BCUT2D eigenvalue weighted by Crippen LogP contribution is 2.32. The first-order valence-corrected chi connectivity index (χ1v) is 7.67. The Bertz CT molecular complexity index is 432. The number of carbonyl (C=O) groups is 1. The van der Waals surface area contributed by atoms with Gasteiger partial charge >= 0.3 is 0 Å². The molecule has 3 nitrogen and oxygen atoms in total. The number of rotatable bonds is 4. The van der Waals surface area contributed by atoms with Crippen LogP contribution in [0.2, 0.25) is 0 Å². The summed E-state index contributed by atoms with van der Waals surface area (Å²) in [5.41, 5.74) is 6.53. The highest BCUT2D eigenvalue weighted by molar-refractivity contribution is 9.10. The maximum atomic E-state index is 11.7.